The molecule has 7 amide bonds. The number of imide groups is 2. The van der Waals surface area contributed by atoms with Gasteiger partial charge in [0.05, 0.1) is 39.8 Å². The summed E-state index contributed by atoms with van der Waals surface area (Å²) in [6.45, 7) is 10.6. The molecule has 5 fully saturated rings. The Labute approximate surface area is 468 Å². The molecule has 1 aliphatic carbocycles. The average Bonchev–Trinajstić information content (AvgIpc) is 4.16. The molecule has 1 saturated carbocycles. The van der Waals surface area contributed by atoms with Crippen LogP contribution in [0.4, 0.5) is 27.3 Å². The molecule has 0 radical (unpaired) electrons. The Hall–Kier alpha value is -8.32. The number of nitrogens with zero attached hydrogens (tertiary/aromatic N) is 9. The van der Waals surface area contributed by atoms with E-state index in [1.807, 2.05) is 33.4 Å². The van der Waals surface area contributed by atoms with E-state index in [-0.39, 0.29) is 53.8 Å². The maximum atomic E-state index is 15.3. The van der Waals surface area contributed by atoms with Crippen molar-refractivity contribution in [2.75, 3.05) is 67.5 Å². The second kappa shape index (κ2) is 20.3. The third kappa shape index (κ3) is 8.91. The van der Waals surface area contributed by atoms with E-state index >= 15 is 9.18 Å². The molecule has 18 nitrogen and oxygen atoms in total. The van der Waals surface area contributed by atoms with E-state index in [9.17, 15) is 28.8 Å². The second-order valence-corrected chi connectivity index (χ2v) is 23.2. The number of fused-ring (bicyclic) bond motifs is 4. The fourth-order valence-corrected chi connectivity index (χ4v) is 13.6. The van der Waals surface area contributed by atoms with E-state index in [2.05, 4.69) is 46.4 Å². The lowest BCUT2D eigenvalue weighted by atomic mass is 9.73. The van der Waals surface area contributed by atoms with Gasteiger partial charge in [-0.15, -0.1) is 0 Å². The number of piperazine rings is 1. The zero-order valence-corrected chi connectivity index (χ0v) is 45.8. The average molecular weight is 1090 g/mol. The number of aryl methyl sites for hydroxylation is 1. The Kier molecular flexibility index (Phi) is 13.1. The van der Waals surface area contributed by atoms with Gasteiger partial charge < -0.3 is 34.4 Å². The molecule has 2 aromatic heterocycles. The van der Waals surface area contributed by atoms with Gasteiger partial charge >= 0.3 is 0 Å². The van der Waals surface area contributed by atoms with E-state index in [1.54, 1.807) is 65.8 Å². The zero-order valence-electron chi connectivity index (χ0n) is 45.8. The quantitative estimate of drug-likeness (QED) is 0.127. The van der Waals surface area contributed by atoms with E-state index in [0.717, 1.165) is 53.2 Å². The monoisotopic (exact) mass is 1090 g/mol. The molecule has 19 heteroatoms. The number of hydrogen-bond donors (Lipinski definition) is 2. The van der Waals surface area contributed by atoms with E-state index in [0.29, 0.717) is 103 Å². The van der Waals surface area contributed by atoms with Crippen molar-refractivity contribution in [1.82, 2.24) is 39.5 Å². The van der Waals surface area contributed by atoms with Gasteiger partial charge in [0.1, 0.15) is 17.4 Å². The summed E-state index contributed by atoms with van der Waals surface area (Å²) in [6.07, 6.45) is 8.26. The first-order valence-electron chi connectivity index (χ1n) is 28.6. The Morgan fingerprint density at radius 2 is 1.49 bits per heavy atom. The highest BCUT2D eigenvalue weighted by Crippen LogP contribution is 2.52. The summed E-state index contributed by atoms with van der Waals surface area (Å²) in [5.41, 5.74) is 7.04. The molecule has 81 heavy (non-hydrogen) atoms. The number of carbonyl (C=O) groups is 7. The van der Waals surface area contributed by atoms with Crippen molar-refractivity contribution in [3.05, 3.63) is 130 Å². The van der Waals surface area contributed by atoms with Crippen LogP contribution >= 0.6 is 0 Å². The predicted octanol–water partition coefficient (Wildman–Crippen LogP) is 7.77. The Balaban J connectivity index is 0.702. The maximum Gasteiger partial charge on any atom is 0.262 e. The van der Waals surface area contributed by atoms with Crippen LogP contribution in [0, 0.1) is 12.7 Å². The summed E-state index contributed by atoms with van der Waals surface area (Å²) in [5.74, 6) is -2.37. The van der Waals surface area contributed by atoms with Crippen molar-refractivity contribution >= 4 is 75.3 Å². The minimum atomic E-state index is -1.05. The van der Waals surface area contributed by atoms with Gasteiger partial charge in [-0.2, -0.15) is 0 Å². The van der Waals surface area contributed by atoms with Gasteiger partial charge in [-0.1, -0.05) is 30.7 Å². The molecule has 1 spiro atoms. The Morgan fingerprint density at radius 1 is 0.753 bits per heavy atom. The molecule has 7 aliphatic rings. The second-order valence-electron chi connectivity index (χ2n) is 23.2. The largest absolute Gasteiger partial charge is 0.368 e. The molecule has 1 atom stereocenters. The highest BCUT2D eigenvalue weighted by Gasteiger charge is 2.56. The topological polar surface area (TPSA) is 194 Å². The number of imidazole rings is 1. The highest BCUT2D eigenvalue weighted by molar-refractivity contribution is 6.24. The number of piperidine rings is 3. The number of rotatable bonds is 10. The van der Waals surface area contributed by atoms with Gasteiger partial charge in [-0.25, -0.2) is 14.4 Å². The molecule has 13 rings (SSSR count). The number of likely N-dealkylation sites (tertiary alicyclic amines) is 2. The molecule has 0 bridgehead atoms. The molecule has 416 valence electrons. The van der Waals surface area contributed by atoms with Crippen LogP contribution in [0.15, 0.2) is 91.3 Å². The van der Waals surface area contributed by atoms with E-state index in [4.69, 9.17) is 9.97 Å². The Bertz CT molecular complexity index is 3620. The number of carbonyl (C=O) groups excluding carboxylic acids is 7. The van der Waals surface area contributed by atoms with Crippen molar-refractivity contribution in [2.45, 2.75) is 108 Å². The zero-order chi connectivity index (χ0) is 56.0. The lowest BCUT2D eigenvalue weighted by Gasteiger charge is -2.48. The summed E-state index contributed by atoms with van der Waals surface area (Å²) in [7, 11) is 0. The SMILES string of the molecule is Cc1cc(C(=O)N2CCC3(CC2)C(=O)N(C2CC(N4CCCCC4)C2)c2cc(-c4cc5ncn(C(C)C)c5c(Nc5ccccc5F)n4)ccc23)ccc1C(=O)N1CCN(c2ccc3c(c2)C(=O)N([C@@H]2CCC(=O)NC2=O)C3=O)CC1. The fraction of sp³-hybridized carbons (Fsp3) is 0.403. The fourth-order valence-electron chi connectivity index (χ4n) is 13.6. The summed E-state index contributed by atoms with van der Waals surface area (Å²) in [6, 6.07) is 24.4. The van der Waals surface area contributed by atoms with Crippen LogP contribution in [0.3, 0.4) is 0 Å². The van der Waals surface area contributed by atoms with Crippen molar-refractivity contribution in [3.8, 4) is 11.3 Å². The molecule has 6 aliphatic heterocycles. The molecule has 4 aromatic carbocycles. The lowest BCUT2D eigenvalue weighted by Crippen LogP contribution is -2.58. The van der Waals surface area contributed by atoms with Crippen molar-refractivity contribution in [1.29, 1.82) is 0 Å². The van der Waals surface area contributed by atoms with Crippen LogP contribution < -0.4 is 20.4 Å². The van der Waals surface area contributed by atoms with E-state index in [1.165, 1.54) is 25.3 Å². The van der Waals surface area contributed by atoms with Crippen LogP contribution in [0.2, 0.25) is 0 Å². The number of pyridine rings is 1. The van der Waals surface area contributed by atoms with Gasteiger partial charge in [0, 0.05) is 91.9 Å². The van der Waals surface area contributed by atoms with E-state index < -0.39 is 40.9 Å². The van der Waals surface area contributed by atoms with Crippen molar-refractivity contribution in [3.63, 3.8) is 0 Å². The van der Waals surface area contributed by atoms with Crippen molar-refractivity contribution < 1.29 is 38.0 Å². The lowest BCUT2D eigenvalue weighted by molar-refractivity contribution is -0.136. The highest BCUT2D eigenvalue weighted by atomic mass is 19.1. The third-order valence-electron chi connectivity index (χ3n) is 18.3. The maximum absolute atomic E-state index is 15.3. The summed E-state index contributed by atoms with van der Waals surface area (Å²) in [4.78, 5) is 116. The molecular weight excluding hydrogens is 1030 g/mol. The number of para-hydroxylation sites is 1. The van der Waals surface area contributed by atoms with Crippen LogP contribution in [0.5, 0.6) is 0 Å². The van der Waals surface area contributed by atoms with Gasteiger partial charge in [0.15, 0.2) is 5.82 Å². The first-order chi connectivity index (χ1) is 39.1. The minimum absolute atomic E-state index is 0.0346. The van der Waals surface area contributed by atoms with Gasteiger partial charge in [-0.05, 0) is 151 Å². The summed E-state index contributed by atoms with van der Waals surface area (Å²) >= 11 is 0. The number of hydrogen-bond acceptors (Lipinski definition) is 12. The number of benzene rings is 4. The molecular formula is C62H64FN11O7. The molecule has 2 N–H and O–H groups in total. The van der Waals surface area contributed by atoms with Crippen molar-refractivity contribution in [2.24, 2.45) is 0 Å². The van der Waals surface area contributed by atoms with Gasteiger partial charge in [0.2, 0.25) is 17.7 Å². The molecule has 0 unspecified atom stereocenters. The smallest absolute Gasteiger partial charge is 0.262 e. The molecule has 4 saturated heterocycles. The minimum Gasteiger partial charge on any atom is -0.368 e. The van der Waals surface area contributed by atoms with Gasteiger partial charge in [0.25, 0.3) is 23.6 Å². The number of anilines is 4. The number of aromatic nitrogens is 3. The summed E-state index contributed by atoms with van der Waals surface area (Å²) in [5, 5.41) is 5.50. The predicted molar refractivity (Wildman–Crippen MR) is 302 cm³/mol. The first-order valence-corrected chi connectivity index (χ1v) is 28.6. The Morgan fingerprint density at radius 3 is 2.22 bits per heavy atom. The molecule has 8 heterocycles. The summed E-state index contributed by atoms with van der Waals surface area (Å²) < 4.78 is 17.2. The van der Waals surface area contributed by atoms with Crippen LogP contribution in [0.25, 0.3) is 22.3 Å². The third-order valence-corrected chi connectivity index (χ3v) is 18.3. The number of amides is 7. The van der Waals surface area contributed by atoms with Gasteiger partial charge in [-0.3, -0.25) is 43.8 Å². The first kappa shape index (κ1) is 52.1. The standard InChI is InChI=1S/C62H64FN11O7/c1-36(2)72-35-64-50-34-49(66-55(54(50)72)65-48-10-6-5-9-47(48)63)38-12-16-46-52(30-38)73(42-31-41(32-42)68-21-7-4-8-22-68)61(81)62(46)19-23-70(24-20-62)57(77)39-11-14-43(37(3)29-39)58(78)71-27-25-69(26-28-71)40-13-15-44-45(33-40)60(80)74(59(44)79)51-17-18-53(75)67-56(51)76/h5-6,9-16,29-30,33-36,41-42,51H,4,7-8,17-28,31-32H2,1-3H3,(H,65,66)(H,67,75,76)/t41?,42?,51-/m1/s1. The van der Waals surface area contributed by atoms with Crippen LogP contribution in [-0.4, -0.2) is 146 Å². The number of nitrogens with one attached hydrogen (secondary N) is 2. The van der Waals surface area contributed by atoms with Crippen LogP contribution in [0.1, 0.15) is 130 Å². The molecule has 6 aromatic rings. The number of halogens is 1. The van der Waals surface area contributed by atoms with Crippen LogP contribution in [-0.2, 0) is 19.8 Å². The normalized spacial score (nSPS) is 22.0.